The highest BCUT2D eigenvalue weighted by Crippen LogP contribution is 2.46. The predicted molar refractivity (Wildman–Crippen MR) is 241 cm³/mol. The zero-order valence-corrected chi connectivity index (χ0v) is 35.5. The van der Waals surface area contributed by atoms with Crippen LogP contribution in [0.1, 0.15) is 44.4 Å². The maximum atomic E-state index is 15.0. The van der Waals surface area contributed by atoms with Crippen molar-refractivity contribution in [2.24, 2.45) is 0 Å². The Balaban J connectivity index is 1.20. The molecule has 1 aromatic heterocycles. The van der Waals surface area contributed by atoms with E-state index in [1.54, 1.807) is 18.2 Å². The maximum absolute atomic E-state index is 15.0. The molecule has 0 spiro atoms. The topological polar surface area (TPSA) is 45.5 Å². The van der Waals surface area contributed by atoms with Crippen molar-refractivity contribution in [3.8, 4) is 50.2 Å². The molecule has 0 bridgehead atoms. The molecule has 1 unspecified atom stereocenters. The van der Waals surface area contributed by atoms with Gasteiger partial charge in [0.05, 0.1) is 44.5 Å². The molecule has 2 heterocycles. The summed E-state index contributed by atoms with van der Waals surface area (Å²) in [6, 6.07) is 38.4. The van der Waals surface area contributed by atoms with Gasteiger partial charge >= 0.3 is 24.7 Å². The zero-order chi connectivity index (χ0) is 49.7. The maximum Gasteiger partial charge on any atom is 0.416 e. The Labute approximate surface area is 388 Å². The molecule has 8 aromatic carbocycles. The standard InChI is InChI=1S/C54H30F12N2O2/c55-51(56,57)37-19-35(20-38(27-37)52(58,59)60)31-14-16-45-43(25-31)44-26-32(36-21-39(53(61,62)63)28-40(22-36)54(64,65)66)15-17-46(44)68(45)47-13-7-12-42-48(47)50(70)67(49(42)69)41-23-33(29-8-3-1-4-9-29)18-34(24-41)30-10-5-2-6-11-30/h1-28,49,69H. The molecule has 70 heavy (non-hydrogen) atoms. The van der Waals surface area contributed by atoms with Gasteiger partial charge in [-0.15, -0.1) is 0 Å². The second kappa shape index (κ2) is 16.4. The molecule has 1 aliphatic rings. The monoisotopic (exact) mass is 966 g/mol. The first kappa shape index (κ1) is 45.9. The van der Waals surface area contributed by atoms with E-state index in [1.807, 2.05) is 66.7 Å². The lowest BCUT2D eigenvalue weighted by Crippen LogP contribution is -2.27. The van der Waals surface area contributed by atoms with E-state index in [-0.39, 0.29) is 61.9 Å². The number of nitrogens with zero attached hydrogens (tertiary/aromatic N) is 2. The van der Waals surface area contributed by atoms with E-state index in [1.165, 1.54) is 58.0 Å². The second-order valence-corrected chi connectivity index (χ2v) is 16.7. The van der Waals surface area contributed by atoms with Crippen LogP contribution in [-0.2, 0) is 24.7 Å². The number of aromatic nitrogens is 1. The molecular weight excluding hydrogens is 937 g/mol. The Kier molecular flexibility index (Phi) is 10.8. The van der Waals surface area contributed by atoms with Crippen LogP contribution in [0.4, 0.5) is 58.4 Å². The quantitative estimate of drug-likeness (QED) is 0.169. The average Bonchev–Trinajstić information content (AvgIpc) is 3.79. The summed E-state index contributed by atoms with van der Waals surface area (Å²) in [7, 11) is 0. The highest BCUT2D eigenvalue weighted by atomic mass is 19.4. The normalized spacial score (nSPS) is 14.5. The summed E-state index contributed by atoms with van der Waals surface area (Å²) in [5.41, 5.74) is -3.68. The Morgan fingerprint density at radius 3 is 1.19 bits per heavy atom. The number of benzene rings is 8. The second-order valence-electron chi connectivity index (χ2n) is 16.7. The number of amides is 1. The number of carbonyl (C=O) groups is 1. The highest BCUT2D eigenvalue weighted by molar-refractivity contribution is 6.16. The first-order chi connectivity index (χ1) is 33.0. The van der Waals surface area contributed by atoms with Gasteiger partial charge in [-0.25, -0.2) is 0 Å². The van der Waals surface area contributed by atoms with Gasteiger partial charge in [-0.2, -0.15) is 52.7 Å². The van der Waals surface area contributed by atoms with Crippen LogP contribution in [0.15, 0.2) is 170 Å². The van der Waals surface area contributed by atoms with Gasteiger partial charge in [0.1, 0.15) is 0 Å². The summed E-state index contributed by atoms with van der Waals surface area (Å²) in [5.74, 6) is -0.669. The third-order valence-corrected chi connectivity index (χ3v) is 12.3. The summed E-state index contributed by atoms with van der Waals surface area (Å²) < 4.78 is 170. The molecule has 16 heteroatoms. The molecule has 9 aromatic rings. The van der Waals surface area contributed by atoms with Crippen LogP contribution in [-0.4, -0.2) is 15.6 Å². The number of fused-ring (bicyclic) bond motifs is 4. The Bertz CT molecular complexity index is 3280. The van der Waals surface area contributed by atoms with Crippen molar-refractivity contribution >= 4 is 33.4 Å². The number of rotatable bonds is 6. The van der Waals surface area contributed by atoms with E-state index in [0.717, 1.165) is 11.1 Å². The third kappa shape index (κ3) is 8.21. The Morgan fingerprint density at radius 2 is 0.786 bits per heavy atom. The molecule has 0 radical (unpaired) electrons. The fourth-order valence-electron chi connectivity index (χ4n) is 9.05. The Morgan fingerprint density at radius 1 is 0.386 bits per heavy atom. The van der Waals surface area contributed by atoms with Gasteiger partial charge in [0.25, 0.3) is 5.91 Å². The molecule has 10 rings (SSSR count). The minimum Gasteiger partial charge on any atom is -0.369 e. The lowest BCUT2D eigenvalue weighted by molar-refractivity contribution is -0.144. The SMILES string of the molecule is O=C1c2c(cccc2-n2c3ccc(-c4cc(C(F)(F)F)cc(C(F)(F)F)c4)cc3c3cc(-c4cc(C(F)(F)F)cc(C(F)(F)F)c4)ccc32)C(O)N1c1cc(-c2ccccc2)cc(-c2ccccc2)c1. The number of aliphatic hydroxyl groups excluding tert-OH is 1. The summed E-state index contributed by atoms with van der Waals surface area (Å²) in [5, 5.41) is 12.2. The molecule has 1 N–H and O–H groups in total. The van der Waals surface area contributed by atoms with Crippen molar-refractivity contribution in [2.75, 3.05) is 4.90 Å². The fourth-order valence-corrected chi connectivity index (χ4v) is 9.05. The van der Waals surface area contributed by atoms with E-state index in [4.69, 9.17) is 0 Å². The first-order valence-electron chi connectivity index (χ1n) is 21.1. The summed E-state index contributed by atoms with van der Waals surface area (Å²) in [4.78, 5) is 16.2. The van der Waals surface area contributed by atoms with Gasteiger partial charge in [0.2, 0.25) is 0 Å². The third-order valence-electron chi connectivity index (χ3n) is 12.3. The zero-order valence-electron chi connectivity index (χ0n) is 35.5. The van der Waals surface area contributed by atoms with Crippen molar-refractivity contribution < 1.29 is 62.6 Å². The molecule has 352 valence electrons. The average molecular weight is 967 g/mol. The van der Waals surface area contributed by atoms with Crippen molar-refractivity contribution in [2.45, 2.75) is 30.9 Å². The van der Waals surface area contributed by atoms with E-state index in [2.05, 4.69) is 0 Å². The first-order valence-corrected chi connectivity index (χ1v) is 21.1. The number of carbonyl (C=O) groups excluding carboxylic acids is 1. The van der Waals surface area contributed by atoms with E-state index < -0.39 is 70.2 Å². The lowest BCUT2D eigenvalue weighted by Gasteiger charge is -2.23. The lowest BCUT2D eigenvalue weighted by atomic mass is 9.96. The molecule has 0 aliphatic carbocycles. The molecule has 1 amide bonds. The fraction of sp³-hybridized carbons (Fsp3) is 0.0926. The smallest absolute Gasteiger partial charge is 0.369 e. The van der Waals surface area contributed by atoms with Crippen molar-refractivity contribution in [1.29, 1.82) is 0 Å². The number of alkyl halides is 12. The number of halogens is 12. The molecule has 0 saturated heterocycles. The number of anilines is 1. The van der Waals surface area contributed by atoms with Gasteiger partial charge in [-0.3, -0.25) is 9.69 Å². The van der Waals surface area contributed by atoms with Gasteiger partial charge < -0.3 is 9.67 Å². The van der Waals surface area contributed by atoms with Crippen LogP contribution in [0, 0.1) is 0 Å². The van der Waals surface area contributed by atoms with E-state index >= 15 is 4.79 Å². The summed E-state index contributed by atoms with van der Waals surface area (Å²) in [6.45, 7) is 0. The largest absolute Gasteiger partial charge is 0.416 e. The van der Waals surface area contributed by atoms with Crippen molar-refractivity contribution in [3.63, 3.8) is 0 Å². The predicted octanol–water partition coefficient (Wildman–Crippen LogP) is 16.2. The van der Waals surface area contributed by atoms with E-state index in [0.29, 0.717) is 41.1 Å². The van der Waals surface area contributed by atoms with Crippen LogP contribution < -0.4 is 4.90 Å². The van der Waals surface area contributed by atoms with Crippen LogP contribution >= 0.6 is 0 Å². The molecule has 4 nitrogen and oxygen atoms in total. The highest BCUT2D eigenvalue weighted by Gasteiger charge is 2.41. The minimum absolute atomic E-state index is 0.00581. The number of hydrogen-bond acceptors (Lipinski definition) is 2. The van der Waals surface area contributed by atoms with Crippen LogP contribution in [0.25, 0.3) is 72.0 Å². The minimum atomic E-state index is -5.20. The van der Waals surface area contributed by atoms with Crippen molar-refractivity contribution in [1.82, 2.24) is 4.57 Å². The Hall–Kier alpha value is -7.85. The van der Waals surface area contributed by atoms with Gasteiger partial charge in [-0.05, 0) is 129 Å². The number of aliphatic hydroxyl groups is 1. The van der Waals surface area contributed by atoms with Crippen molar-refractivity contribution in [3.05, 3.63) is 203 Å². The molecule has 1 aliphatic heterocycles. The number of hydrogen-bond donors (Lipinski definition) is 1. The molecule has 0 fully saturated rings. The van der Waals surface area contributed by atoms with Crippen LogP contribution in [0.5, 0.6) is 0 Å². The van der Waals surface area contributed by atoms with Gasteiger partial charge in [0.15, 0.2) is 6.23 Å². The molecule has 0 saturated carbocycles. The van der Waals surface area contributed by atoms with Gasteiger partial charge in [-0.1, -0.05) is 84.9 Å². The van der Waals surface area contributed by atoms with Crippen LogP contribution in [0.2, 0.25) is 0 Å². The molecule has 1 atom stereocenters. The summed E-state index contributed by atoms with van der Waals surface area (Å²) in [6.07, 6.45) is -22.4. The summed E-state index contributed by atoms with van der Waals surface area (Å²) >= 11 is 0. The van der Waals surface area contributed by atoms with E-state index in [9.17, 15) is 57.8 Å². The molecular formula is C54H30F12N2O2. The van der Waals surface area contributed by atoms with Crippen LogP contribution in [0.3, 0.4) is 0 Å². The van der Waals surface area contributed by atoms with Gasteiger partial charge in [0, 0.05) is 22.0 Å².